The third-order valence-corrected chi connectivity index (χ3v) is 5.66. The van der Waals surface area contributed by atoms with Gasteiger partial charge in [-0.05, 0) is 41.8 Å². The van der Waals surface area contributed by atoms with Gasteiger partial charge in [0.2, 0.25) is 5.66 Å². The Morgan fingerprint density at radius 3 is 2.48 bits per heavy atom. The van der Waals surface area contributed by atoms with Crippen LogP contribution in [0.5, 0.6) is 0 Å². The van der Waals surface area contributed by atoms with Crippen LogP contribution in [0.2, 0.25) is 0 Å². The molecule has 7 nitrogen and oxygen atoms in total. The van der Waals surface area contributed by atoms with Crippen LogP contribution in [0.4, 0.5) is 35.9 Å². The molecular formula is C22H19F3N4O3S. The predicted octanol–water partition coefficient (Wildman–Crippen LogP) is 4.84. The van der Waals surface area contributed by atoms with Gasteiger partial charge in [-0.15, -0.1) is 0 Å². The first-order valence-electron chi connectivity index (χ1n) is 9.72. The van der Waals surface area contributed by atoms with Crippen LogP contribution < -0.4 is 21.3 Å². The van der Waals surface area contributed by atoms with E-state index in [0.717, 1.165) is 12.1 Å². The summed E-state index contributed by atoms with van der Waals surface area (Å²) in [5.74, 6) is -1.28. The molecule has 0 radical (unpaired) electrons. The molecular weight excluding hydrogens is 457 g/mol. The maximum absolute atomic E-state index is 13.2. The Morgan fingerprint density at radius 2 is 1.79 bits per heavy atom. The molecule has 11 heteroatoms. The summed E-state index contributed by atoms with van der Waals surface area (Å²) in [7, 11) is 1.45. The first-order valence-corrected chi connectivity index (χ1v) is 10.7. The van der Waals surface area contributed by atoms with Crippen LogP contribution in [-0.4, -0.2) is 31.2 Å². The number of nitrogens with one attached hydrogen (secondary N) is 4. The van der Waals surface area contributed by atoms with E-state index in [2.05, 4.69) is 21.3 Å². The molecule has 0 saturated heterocycles. The number of hydrogen-bond acceptors (Lipinski definition) is 6. The number of halogens is 3. The molecule has 0 aliphatic carbocycles. The summed E-state index contributed by atoms with van der Waals surface area (Å²) >= 11 is 1.43. The van der Waals surface area contributed by atoms with Crippen molar-refractivity contribution < 1.29 is 27.5 Å². The summed E-state index contributed by atoms with van der Waals surface area (Å²) in [6.07, 6.45) is -4.66. The van der Waals surface area contributed by atoms with Gasteiger partial charge in [0.25, 0.3) is 11.8 Å². The molecule has 2 aromatic carbocycles. The predicted molar refractivity (Wildman–Crippen MR) is 121 cm³/mol. The second-order valence-corrected chi connectivity index (χ2v) is 8.09. The number of benzene rings is 2. The molecule has 1 aromatic heterocycles. The van der Waals surface area contributed by atoms with Crippen LogP contribution >= 0.6 is 11.3 Å². The summed E-state index contributed by atoms with van der Waals surface area (Å²) in [5.41, 5.74) is -0.874. The highest BCUT2D eigenvalue weighted by atomic mass is 32.1. The monoisotopic (exact) mass is 476 g/mol. The highest BCUT2D eigenvalue weighted by Crippen LogP contribution is 2.37. The minimum absolute atomic E-state index is 0.0156. The minimum atomic E-state index is -4.66. The zero-order valence-corrected chi connectivity index (χ0v) is 18.1. The first-order chi connectivity index (χ1) is 15.7. The Morgan fingerprint density at radius 1 is 1.03 bits per heavy atom. The molecule has 1 aliphatic heterocycles. The Hall–Kier alpha value is -3.57. The van der Waals surface area contributed by atoms with E-state index < -0.39 is 28.9 Å². The Balaban J connectivity index is 1.55. The molecule has 4 N–H and O–H groups in total. The third kappa shape index (κ3) is 4.64. The van der Waals surface area contributed by atoms with E-state index in [4.69, 9.17) is 4.74 Å². The Bertz CT molecular complexity index is 1180. The molecule has 2 amide bonds. The van der Waals surface area contributed by atoms with Crippen molar-refractivity contribution in [3.05, 3.63) is 70.4 Å². The number of methoxy groups -OCH3 is 1. The molecule has 33 heavy (non-hydrogen) atoms. The fourth-order valence-corrected chi connectivity index (χ4v) is 4.08. The fourth-order valence-electron chi connectivity index (χ4n) is 3.49. The molecule has 1 aliphatic rings. The zero-order chi connectivity index (χ0) is 23.6. The normalized spacial score (nSPS) is 17.0. The fraction of sp³-hybridized carbons (Fsp3) is 0.182. The van der Waals surface area contributed by atoms with Crippen molar-refractivity contribution in [1.29, 1.82) is 0 Å². The van der Waals surface area contributed by atoms with Crippen molar-refractivity contribution in [2.45, 2.75) is 11.8 Å². The Kier molecular flexibility index (Phi) is 6.00. The van der Waals surface area contributed by atoms with Crippen LogP contribution in [0.1, 0.15) is 15.9 Å². The van der Waals surface area contributed by atoms with Gasteiger partial charge < -0.3 is 26.0 Å². The Labute approximate surface area is 191 Å². The van der Waals surface area contributed by atoms with Gasteiger partial charge in [-0.25, -0.2) is 0 Å². The average Bonchev–Trinajstić information content (AvgIpc) is 3.41. The number of anilines is 4. The van der Waals surface area contributed by atoms with Crippen molar-refractivity contribution in [3.63, 3.8) is 0 Å². The topological polar surface area (TPSA) is 91.5 Å². The standard InChI is InChI=1S/C22H19F3N4O3S/c1-32-12-21(20(31)27-14-8-9-33-11-14)28-17-7-6-13(10-18(17)29-21)26-19(30)15-4-2-3-5-16(15)22(23,24)25/h2-11,28-29H,12H2,1H3,(H,26,30)(H,27,31). The highest BCUT2D eigenvalue weighted by Gasteiger charge is 2.44. The van der Waals surface area contributed by atoms with Crippen LogP contribution in [-0.2, 0) is 15.7 Å². The molecule has 3 aromatic rings. The van der Waals surface area contributed by atoms with Gasteiger partial charge in [0.1, 0.15) is 0 Å². The van der Waals surface area contributed by atoms with E-state index in [1.54, 1.807) is 17.5 Å². The number of rotatable bonds is 6. The van der Waals surface area contributed by atoms with E-state index in [1.807, 2.05) is 5.38 Å². The number of fused-ring (bicyclic) bond motifs is 1. The van der Waals surface area contributed by atoms with E-state index >= 15 is 0 Å². The van der Waals surface area contributed by atoms with Crippen molar-refractivity contribution >= 4 is 45.9 Å². The zero-order valence-electron chi connectivity index (χ0n) is 17.2. The van der Waals surface area contributed by atoms with Gasteiger partial charge in [-0.2, -0.15) is 24.5 Å². The molecule has 172 valence electrons. The number of ether oxygens (including phenoxy) is 1. The summed E-state index contributed by atoms with van der Waals surface area (Å²) in [6, 6.07) is 11.0. The third-order valence-electron chi connectivity index (χ3n) is 4.98. The lowest BCUT2D eigenvalue weighted by Crippen LogP contribution is -2.56. The number of hydrogen-bond donors (Lipinski definition) is 4. The number of thiophene rings is 1. The molecule has 1 unspecified atom stereocenters. The van der Waals surface area contributed by atoms with Crippen molar-refractivity contribution in [2.75, 3.05) is 35.0 Å². The van der Waals surface area contributed by atoms with Gasteiger partial charge in [-0.1, -0.05) is 12.1 Å². The second kappa shape index (κ2) is 8.75. The molecule has 0 saturated carbocycles. The minimum Gasteiger partial charge on any atom is -0.380 e. The lowest BCUT2D eigenvalue weighted by atomic mass is 10.1. The maximum Gasteiger partial charge on any atom is 0.417 e. The molecule has 4 rings (SSSR count). The summed E-state index contributed by atoms with van der Waals surface area (Å²) in [6.45, 7) is -0.0156. The van der Waals surface area contributed by atoms with Crippen molar-refractivity contribution in [3.8, 4) is 0 Å². The first kappa shape index (κ1) is 22.6. The summed E-state index contributed by atoms with van der Waals surface area (Å²) < 4.78 is 45.0. The number of carbonyl (C=O) groups excluding carboxylic acids is 2. The average molecular weight is 476 g/mol. The molecule has 1 atom stereocenters. The van der Waals surface area contributed by atoms with Crippen LogP contribution in [0.15, 0.2) is 59.3 Å². The largest absolute Gasteiger partial charge is 0.417 e. The number of alkyl halides is 3. The highest BCUT2D eigenvalue weighted by molar-refractivity contribution is 7.08. The van der Waals surface area contributed by atoms with Gasteiger partial charge in [-0.3, -0.25) is 9.59 Å². The van der Waals surface area contributed by atoms with E-state index in [-0.39, 0.29) is 18.2 Å². The lowest BCUT2D eigenvalue weighted by molar-refractivity contribution is -0.137. The molecule has 0 bridgehead atoms. The van der Waals surface area contributed by atoms with Crippen LogP contribution in [0.25, 0.3) is 0 Å². The summed E-state index contributed by atoms with van der Waals surface area (Å²) in [4.78, 5) is 25.6. The van der Waals surface area contributed by atoms with Gasteiger partial charge in [0.05, 0.1) is 34.8 Å². The molecule has 2 heterocycles. The van der Waals surface area contributed by atoms with Gasteiger partial charge in [0.15, 0.2) is 0 Å². The van der Waals surface area contributed by atoms with E-state index in [9.17, 15) is 22.8 Å². The molecule has 0 spiro atoms. The smallest absolute Gasteiger partial charge is 0.380 e. The number of amides is 2. The van der Waals surface area contributed by atoms with Crippen molar-refractivity contribution in [2.24, 2.45) is 0 Å². The second-order valence-electron chi connectivity index (χ2n) is 7.31. The van der Waals surface area contributed by atoms with Crippen molar-refractivity contribution in [1.82, 2.24) is 0 Å². The van der Waals surface area contributed by atoms with Crippen LogP contribution in [0, 0.1) is 0 Å². The van der Waals surface area contributed by atoms with Gasteiger partial charge >= 0.3 is 6.18 Å². The number of carbonyl (C=O) groups is 2. The van der Waals surface area contributed by atoms with Crippen LogP contribution in [0.3, 0.4) is 0 Å². The quantitative estimate of drug-likeness (QED) is 0.409. The summed E-state index contributed by atoms with van der Waals surface area (Å²) in [5, 5.41) is 15.1. The maximum atomic E-state index is 13.2. The lowest BCUT2D eigenvalue weighted by Gasteiger charge is -2.28. The van der Waals surface area contributed by atoms with Gasteiger partial charge in [0, 0.05) is 18.2 Å². The van der Waals surface area contributed by atoms with E-state index in [1.165, 1.54) is 42.7 Å². The SMILES string of the molecule is COCC1(C(=O)Nc2ccsc2)Nc2ccc(NC(=O)c3ccccc3C(F)(F)F)cc2N1. The van der Waals surface area contributed by atoms with E-state index in [0.29, 0.717) is 17.1 Å². The molecule has 0 fully saturated rings.